The van der Waals surface area contributed by atoms with Crippen molar-refractivity contribution < 1.29 is 19.5 Å². The molecule has 0 aromatic carbocycles. The van der Waals surface area contributed by atoms with Crippen molar-refractivity contribution in [1.82, 2.24) is 10.6 Å². The summed E-state index contributed by atoms with van der Waals surface area (Å²) in [5.41, 5.74) is -0.0663. The van der Waals surface area contributed by atoms with E-state index in [4.69, 9.17) is 5.11 Å². The van der Waals surface area contributed by atoms with Crippen molar-refractivity contribution >= 4 is 17.9 Å². The minimum Gasteiger partial charge on any atom is -0.478 e. The van der Waals surface area contributed by atoms with Gasteiger partial charge in [-0.3, -0.25) is 10.1 Å². The van der Waals surface area contributed by atoms with E-state index in [0.717, 1.165) is 6.42 Å². The molecule has 6 nitrogen and oxygen atoms in total. The van der Waals surface area contributed by atoms with Crippen LogP contribution >= 0.6 is 0 Å². The SMILES string of the molecule is CCC(C)CNC(=O)NC(=O)C(C)=C(C)C(=O)O. The van der Waals surface area contributed by atoms with Crippen molar-refractivity contribution in [2.24, 2.45) is 5.92 Å². The molecule has 102 valence electrons. The van der Waals surface area contributed by atoms with Crippen molar-refractivity contribution in [3.63, 3.8) is 0 Å². The number of carboxylic acids is 1. The molecule has 3 amide bonds. The van der Waals surface area contributed by atoms with E-state index in [1.54, 1.807) is 0 Å². The highest BCUT2D eigenvalue weighted by Crippen LogP contribution is 2.03. The molecule has 0 aromatic heterocycles. The zero-order valence-electron chi connectivity index (χ0n) is 11.2. The van der Waals surface area contributed by atoms with Crippen molar-refractivity contribution in [3.05, 3.63) is 11.1 Å². The zero-order valence-corrected chi connectivity index (χ0v) is 11.2. The Kier molecular flexibility index (Phi) is 6.70. The summed E-state index contributed by atoms with van der Waals surface area (Å²) in [7, 11) is 0. The van der Waals surface area contributed by atoms with Gasteiger partial charge in [-0.05, 0) is 19.8 Å². The third-order valence-electron chi connectivity index (χ3n) is 2.76. The molecule has 0 fully saturated rings. The van der Waals surface area contributed by atoms with Crippen LogP contribution in [0.2, 0.25) is 0 Å². The van der Waals surface area contributed by atoms with Crippen LogP contribution < -0.4 is 10.6 Å². The molecule has 0 radical (unpaired) electrons. The number of aliphatic carboxylic acids is 1. The maximum absolute atomic E-state index is 11.5. The fourth-order valence-electron chi connectivity index (χ4n) is 0.983. The molecule has 1 atom stereocenters. The Hall–Kier alpha value is -1.85. The highest BCUT2D eigenvalue weighted by atomic mass is 16.4. The van der Waals surface area contributed by atoms with Crippen LogP contribution in [0.3, 0.4) is 0 Å². The van der Waals surface area contributed by atoms with E-state index in [1.807, 2.05) is 13.8 Å². The maximum atomic E-state index is 11.5. The van der Waals surface area contributed by atoms with E-state index in [9.17, 15) is 14.4 Å². The predicted octanol–water partition coefficient (Wildman–Crippen LogP) is 1.28. The first-order valence-corrected chi connectivity index (χ1v) is 5.79. The third kappa shape index (κ3) is 5.47. The zero-order chi connectivity index (χ0) is 14.3. The number of amides is 3. The van der Waals surface area contributed by atoms with Crippen LogP contribution in [-0.2, 0) is 9.59 Å². The minimum atomic E-state index is -1.18. The smallest absolute Gasteiger partial charge is 0.331 e. The van der Waals surface area contributed by atoms with Crippen molar-refractivity contribution in [2.45, 2.75) is 34.1 Å². The van der Waals surface area contributed by atoms with E-state index in [0.29, 0.717) is 12.5 Å². The third-order valence-corrected chi connectivity index (χ3v) is 2.76. The fraction of sp³-hybridized carbons (Fsp3) is 0.583. The standard InChI is InChI=1S/C12H20N2O4/c1-5-7(2)6-13-12(18)14-10(15)8(3)9(4)11(16)17/h7H,5-6H2,1-4H3,(H,16,17)(H2,13,14,15,18). The molecule has 0 aliphatic rings. The summed E-state index contributed by atoms with van der Waals surface area (Å²) in [4.78, 5) is 33.5. The molecule has 0 bridgehead atoms. The number of hydrogen-bond acceptors (Lipinski definition) is 3. The molecular formula is C12H20N2O4. The lowest BCUT2D eigenvalue weighted by Crippen LogP contribution is -2.41. The average molecular weight is 256 g/mol. The van der Waals surface area contributed by atoms with Crippen LogP contribution in [-0.4, -0.2) is 29.6 Å². The van der Waals surface area contributed by atoms with Crippen LogP contribution in [0.4, 0.5) is 4.79 Å². The van der Waals surface area contributed by atoms with E-state index in [1.165, 1.54) is 13.8 Å². The molecule has 1 unspecified atom stereocenters. The number of carboxylic acid groups (broad SMARTS) is 1. The maximum Gasteiger partial charge on any atom is 0.331 e. The molecule has 0 rings (SSSR count). The molecule has 0 aromatic rings. The molecule has 0 spiro atoms. The van der Waals surface area contributed by atoms with Gasteiger partial charge in [0.15, 0.2) is 0 Å². The van der Waals surface area contributed by atoms with Gasteiger partial charge in [0, 0.05) is 17.7 Å². The lowest BCUT2D eigenvalue weighted by Gasteiger charge is -2.11. The van der Waals surface area contributed by atoms with E-state index < -0.39 is 17.9 Å². The quantitative estimate of drug-likeness (QED) is 0.646. The van der Waals surface area contributed by atoms with E-state index in [2.05, 4.69) is 10.6 Å². The number of urea groups is 1. The summed E-state index contributed by atoms with van der Waals surface area (Å²) < 4.78 is 0. The molecule has 0 heterocycles. The van der Waals surface area contributed by atoms with Gasteiger partial charge in [-0.2, -0.15) is 0 Å². The predicted molar refractivity (Wildman–Crippen MR) is 67.0 cm³/mol. The number of hydrogen-bond donors (Lipinski definition) is 3. The molecule has 0 saturated heterocycles. The first kappa shape index (κ1) is 16.1. The number of rotatable bonds is 5. The normalized spacial score (nSPS) is 13.3. The molecule has 3 N–H and O–H groups in total. The lowest BCUT2D eigenvalue weighted by atomic mass is 10.1. The summed E-state index contributed by atoms with van der Waals surface area (Å²) in [6, 6.07) is -0.613. The lowest BCUT2D eigenvalue weighted by molar-refractivity contribution is -0.133. The van der Waals surface area contributed by atoms with Gasteiger partial charge in [0.05, 0.1) is 0 Å². The van der Waals surface area contributed by atoms with E-state index in [-0.39, 0.29) is 11.1 Å². The second-order valence-electron chi connectivity index (χ2n) is 4.23. The van der Waals surface area contributed by atoms with Crippen molar-refractivity contribution in [2.75, 3.05) is 6.54 Å². The second kappa shape index (κ2) is 7.47. The summed E-state index contributed by atoms with van der Waals surface area (Å²) in [5.74, 6) is -1.55. The first-order valence-electron chi connectivity index (χ1n) is 5.79. The summed E-state index contributed by atoms with van der Waals surface area (Å²) in [6.07, 6.45) is 0.922. The second-order valence-corrected chi connectivity index (χ2v) is 4.23. The van der Waals surface area contributed by atoms with Gasteiger partial charge in [-0.1, -0.05) is 20.3 Å². The first-order chi connectivity index (χ1) is 8.29. The van der Waals surface area contributed by atoms with Crippen molar-refractivity contribution in [1.29, 1.82) is 0 Å². The van der Waals surface area contributed by atoms with Gasteiger partial charge in [-0.15, -0.1) is 0 Å². The number of carbonyl (C=O) groups excluding carboxylic acids is 2. The van der Waals surface area contributed by atoms with E-state index >= 15 is 0 Å². The van der Waals surface area contributed by atoms with Gasteiger partial charge >= 0.3 is 12.0 Å². The summed E-state index contributed by atoms with van der Waals surface area (Å²) >= 11 is 0. The van der Waals surface area contributed by atoms with Crippen LogP contribution in [0.5, 0.6) is 0 Å². The molecule has 18 heavy (non-hydrogen) atoms. The molecule has 0 aliphatic heterocycles. The molecule has 0 saturated carbocycles. The number of nitrogens with one attached hydrogen (secondary N) is 2. The number of carbonyl (C=O) groups is 3. The Labute approximate surface area is 106 Å². The molecule has 6 heteroatoms. The van der Waals surface area contributed by atoms with Gasteiger partial charge < -0.3 is 10.4 Å². The van der Waals surface area contributed by atoms with Gasteiger partial charge in [0.25, 0.3) is 5.91 Å². The number of imide groups is 1. The Balaban J connectivity index is 4.37. The average Bonchev–Trinajstić information content (AvgIpc) is 2.33. The van der Waals surface area contributed by atoms with Gasteiger partial charge in [0.1, 0.15) is 0 Å². The Morgan fingerprint density at radius 2 is 1.72 bits per heavy atom. The Bertz CT molecular complexity index is 374. The molecule has 0 aliphatic carbocycles. The Morgan fingerprint density at radius 3 is 2.17 bits per heavy atom. The van der Waals surface area contributed by atoms with Gasteiger partial charge in [-0.25, -0.2) is 9.59 Å². The van der Waals surface area contributed by atoms with Gasteiger partial charge in [0.2, 0.25) is 0 Å². The van der Waals surface area contributed by atoms with Crippen LogP contribution in [0.1, 0.15) is 34.1 Å². The summed E-state index contributed by atoms with van der Waals surface area (Å²) in [6.45, 7) is 7.12. The molecular weight excluding hydrogens is 236 g/mol. The largest absolute Gasteiger partial charge is 0.478 e. The van der Waals surface area contributed by atoms with Crippen LogP contribution in [0, 0.1) is 5.92 Å². The van der Waals surface area contributed by atoms with Crippen LogP contribution in [0.15, 0.2) is 11.1 Å². The Morgan fingerprint density at radius 1 is 1.17 bits per heavy atom. The monoisotopic (exact) mass is 256 g/mol. The fourth-order valence-corrected chi connectivity index (χ4v) is 0.983. The van der Waals surface area contributed by atoms with Crippen molar-refractivity contribution in [3.8, 4) is 0 Å². The highest BCUT2D eigenvalue weighted by Gasteiger charge is 2.15. The summed E-state index contributed by atoms with van der Waals surface area (Å²) in [5, 5.41) is 13.3. The van der Waals surface area contributed by atoms with Crippen LogP contribution in [0.25, 0.3) is 0 Å². The minimum absolute atomic E-state index is 0.0150. The topological polar surface area (TPSA) is 95.5 Å². The highest BCUT2D eigenvalue weighted by molar-refractivity contribution is 6.07.